The lowest BCUT2D eigenvalue weighted by molar-refractivity contribution is 0.220. The summed E-state index contributed by atoms with van der Waals surface area (Å²) in [6.45, 7) is 0. The molecule has 4 N–H and O–H groups in total. The van der Waals surface area contributed by atoms with Gasteiger partial charge in [0.25, 0.3) is 5.95 Å². The molecule has 0 aliphatic heterocycles. The van der Waals surface area contributed by atoms with Gasteiger partial charge in [-0.15, -0.1) is 0 Å². The Morgan fingerprint density at radius 1 is 1.23 bits per heavy atom. The fourth-order valence-corrected chi connectivity index (χ4v) is 1.83. The van der Waals surface area contributed by atoms with E-state index in [1.54, 1.807) is 0 Å². The Bertz CT molecular complexity index is 290. The second-order valence-corrected chi connectivity index (χ2v) is 3.67. The molecule has 5 nitrogen and oxygen atoms in total. The molecule has 0 aromatic carbocycles. The first kappa shape index (κ1) is 8.50. The second-order valence-electron chi connectivity index (χ2n) is 3.67. The zero-order valence-corrected chi connectivity index (χ0v) is 7.49. The molecule has 1 aliphatic rings. The van der Waals surface area contributed by atoms with Gasteiger partial charge in [-0.25, -0.2) is 0 Å². The van der Waals surface area contributed by atoms with Gasteiger partial charge in [0, 0.05) is 0 Å². The molecule has 72 valence electrons. The van der Waals surface area contributed by atoms with Gasteiger partial charge in [-0.1, -0.05) is 19.3 Å². The average molecular weight is 182 g/mol. The number of hydrogen-bond acceptors (Lipinski definition) is 5. The molecule has 0 unspecified atom stereocenters. The molecular formula is C8H14N4O. The number of nitrogens with zero attached hydrogens (tertiary/aromatic N) is 2. The van der Waals surface area contributed by atoms with Crippen LogP contribution in [0, 0.1) is 0 Å². The van der Waals surface area contributed by atoms with E-state index in [-0.39, 0.29) is 5.95 Å². The van der Waals surface area contributed by atoms with Crippen molar-refractivity contribution in [2.45, 2.75) is 37.6 Å². The van der Waals surface area contributed by atoms with E-state index in [0.717, 1.165) is 25.7 Å². The second kappa shape index (κ2) is 2.99. The number of anilines is 1. The molecule has 13 heavy (non-hydrogen) atoms. The molecule has 0 bridgehead atoms. The van der Waals surface area contributed by atoms with Crippen LogP contribution in [0.25, 0.3) is 0 Å². The quantitative estimate of drug-likeness (QED) is 0.669. The Hall–Kier alpha value is -1.10. The van der Waals surface area contributed by atoms with Gasteiger partial charge < -0.3 is 16.0 Å². The lowest BCUT2D eigenvalue weighted by Crippen LogP contribution is -2.38. The van der Waals surface area contributed by atoms with Crippen LogP contribution in [0.3, 0.4) is 0 Å². The summed E-state index contributed by atoms with van der Waals surface area (Å²) in [5.41, 5.74) is 11.1. The van der Waals surface area contributed by atoms with Gasteiger partial charge in [-0.3, -0.25) is 0 Å². The minimum Gasteiger partial charge on any atom is -0.365 e. The molecule has 0 saturated heterocycles. The maximum absolute atomic E-state index is 6.14. The Kier molecular flexibility index (Phi) is 1.95. The number of nitrogen functional groups attached to an aromatic ring is 1. The van der Waals surface area contributed by atoms with Gasteiger partial charge in [0.15, 0.2) is 0 Å². The highest BCUT2D eigenvalue weighted by molar-refractivity contribution is 5.15. The third-order valence-corrected chi connectivity index (χ3v) is 2.61. The molecule has 1 aromatic rings. The Morgan fingerprint density at radius 2 is 1.92 bits per heavy atom. The van der Waals surface area contributed by atoms with E-state index in [4.69, 9.17) is 16.0 Å². The SMILES string of the molecule is Nc1noc(C2(N)CCCCC2)n1. The first-order valence-electron chi connectivity index (χ1n) is 4.59. The summed E-state index contributed by atoms with van der Waals surface area (Å²) in [5, 5.41) is 3.55. The van der Waals surface area contributed by atoms with Gasteiger partial charge in [0.05, 0.1) is 5.54 Å². The van der Waals surface area contributed by atoms with E-state index < -0.39 is 5.54 Å². The van der Waals surface area contributed by atoms with E-state index in [0.29, 0.717) is 5.89 Å². The summed E-state index contributed by atoms with van der Waals surface area (Å²) in [6.07, 6.45) is 5.31. The zero-order valence-electron chi connectivity index (χ0n) is 7.49. The fraction of sp³-hybridized carbons (Fsp3) is 0.750. The molecule has 5 heteroatoms. The van der Waals surface area contributed by atoms with Crippen molar-refractivity contribution in [2.75, 3.05) is 5.73 Å². The fourth-order valence-electron chi connectivity index (χ4n) is 1.83. The van der Waals surface area contributed by atoms with Crippen LogP contribution >= 0.6 is 0 Å². The van der Waals surface area contributed by atoms with Crippen molar-refractivity contribution >= 4 is 5.95 Å². The molecule has 0 atom stereocenters. The monoisotopic (exact) mass is 182 g/mol. The number of hydrogen-bond donors (Lipinski definition) is 2. The van der Waals surface area contributed by atoms with Crippen molar-refractivity contribution in [1.82, 2.24) is 10.1 Å². The predicted molar refractivity (Wildman–Crippen MR) is 47.7 cm³/mol. The Balaban J connectivity index is 2.22. The third kappa shape index (κ3) is 1.51. The normalized spacial score (nSPS) is 21.6. The van der Waals surface area contributed by atoms with Crippen LogP contribution in [-0.4, -0.2) is 10.1 Å². The maximum Gasteiger partial charge on any atom is 0.260 e. The van der Waals surface area contributed by atoms with Crippen LogP contribution < -0.4 is 11.5 Å². The highest BCUT2D eigenvalue weighted by atomic mass is 16.5. The van der Waals surface area contributed by atoms with E-state index in [1.165, 1.54) is 6.42 Å². The predicted octanol–water partition coefficient (Wildman–Crippen LogP) is 0.770. The molecule has 1 saturated carbocycles. The van der Waals surface area contributed by atoms with E-state index >= 15 is 0 Å². The Labute approximate surface area is 76.5 Å². The number of nitrogens with two attached hydrogens (primary N) is 2. The van der Waals surface area contributed by atoms with Crippen LogP contribution in [-0.2, 0) is 5.54 Å². The zero-order chi connectivity index (χ0) is 9.31. The van der Waals surface area contributed by atoms with Crippen LogP contribution in [0.4, 0.5) is 5.95 Å². The summed E-state index contributed by atoms with van der Waals surface area (Å²) in [6, 6.07) is 0. The molecule has 0 amide bonds. The van der Waals surface area contributed by atoms with Crippen LogP contribution in [0.5, 0.6) is 0 Å². The van der Waals surface area contributed by atoms with Crippen molar-refractivity contribution in [1.29, 1.82) is 0 Å². The summed E-state index contributed by atoms with van der Waals surface area (Å²) in [4.78, 5) is 3.98. The largest absolute Gasteiger partial charge is 0.365 e. The number of rotatable bonds is 1. The highest BCUT2D eigenvalue weighted by Crippen LogP contribution is 2.33. The minimum atomic E-state index is -0.428. The standard InChI is InChI=1S/C8H14N4O/c9-7-11-6(13-12-7)8(10)4-2-1-3-5-8/h1-5,10H2,(H2,9,12). The van der Waals surface area contributed by atoms with Gasteiger partial charge >= 0.3 is 0 Å². The number of aromatic nitrogens is 2. The molecule has 1 fully saturated rings. The van der Waals surface area contributed by atoms with Gasteiger partial charge in [-0.2, -0.15) is 4.98 Å². The third-order valence-electron chi connectivity index (χ3n) is 2.61. The topological polar surface area (TPSA) is 91.0 Å². The van der Waals surface area contributed by atoms with Crippen molar-refractivity contribution in [3.05, 3.63) is 5.89 Å². The summed E-state index contributed by atoms with van der Waals surface area (Å²) in [5.74, 6) is 0.662. The van der Waals surface area contributed by atoms with Crippen molar-refractivity contribution in [3.8, 4) is 0 Å². The molecular weight excluding hydrogens is 168 g/mol. The Morgan fingerprint density at radius 3 is 2.46 bits per heavy atom. The maximum atomic E-state index is 6.14. The van der Waals surface area contributed by atoms with Crippen LogP contribution in [0.1, 0.15) is 38.0 Å². The van der Waals surface area contributed by atoms with Crippen LogP contribution in [0.2, 0.25) is 0 Å². The smallest absolute Gasteiger partial charge is 0.260 e. The summed E-state index contributed by atoms with van der Waals surface area (Å²) in [7, 11) is 0. The van der Waals surface area contributed by atoms with Crippen molar-refractivity contribution in [2.24, 2.45) is 5.73 Å². The molecule has 1 aliphatic carbocycles. The van der Waals surface area contributed by atoms with Crippen molar-refractivity contribution in [3.63, 3.8) is 0 Å². The first-order valence-corrected chi connectivity index (χ1v) is 4.59. The average Bonchev–Trinajstić information content (AvgIpc) is 2.54. The van der Waals surface area contributed by atoms with E-state index in [1.807, 2.05) is 0 Å². The first-order chi connectivity index (χ1) is 6.21. The van der Waals surface area contributed by atoms with E-state index in [9.17, 15) is 0 Å². The summed E-state index contributed by atoms with van der Waals surface area (Å²) >= 11 is 0. The van der Waals surface area contributed by atoms with Gasteiger partial charge in [0.2, 0.25) is 5.89 Å². The van der Waals surface area contributed by atoms with Crippen molar-refractivity contribution < 1.29 is 4.52 Å². The lowest BCUT2D eigenvalue weighted by Gasteiger charge is -2.29. The molecule has 1 heterocycles. The molecule has 0 spiro atoms. The van der Waals surface area contributed by atoms with Gasteiger partial charge in [-0.05, 0) is 18.0 Å². The molecule has 1 aromatic heterocycles. The van der Waals surface area contributed by atoms with Crippen LogP contribution in [0.15, 0.2) is 4.52 Å². The molecule has 2 rings (SSSR count). The minimum absolute atomic E-state index is 0.172. The highest BCUT2D eigenvalue weighted by Gasteiger charge is 2.34. The van der Waals surface area contributed by atoms with Gasteiger partial charge in [0.1, 0.15) is 0 Å². The lowest BCUT2D eigenvalue weighted by atomic mass is 9.82. The van der Waals surface area contributed by atoms with E-state index in [2.05, 4.69) is 10.1 Å². The molecule has 0 radical (unpaired) electrons. The summed E-state index contributed by atoms with van der Waals surface area (Å²) < 4.78 is 5.00.